The van der Waals surface area contributed by atoms with Crippen LogP contribution in [0, 0.1) is 0 Å². The van der Waals surface area contributed by atoms with Gasteiger partial charge in [-0.25, -0.2) is 9.78 Å². The molecule has 0 radical (unpaired) electrons. The van der Waals surface area contributed by atoms with Crippen molar-refractivity contribution in [1.82, 2.24) is 10.3 Å². The molecule has 1 aromatic heterocycles. The van der Waals surface area contributed by atoms with Crippen LogP contribution in [0.1, 0.15) is 17.2 Å². The van der Waals surface area contributed by atoms with E-state index >= 15 is 0 Å². The van der Waals surface area contributed by atoms with Crippen molar-refractivity contribution < 1.29 is 19.7 Å². The van der Waals surface area contributed by atoms with E-state index in [1.54, 1.807) is 18.2 Å². The van der Waals surface area contributed by atoms with E-state index in [0.717, 1.165) is 5.56 Å². The van der Waals surface area contributed by atoms with Crippen LogP contribution >= 0.6 is 11.6 Å². The van der Waals surface area contributed by atoms with Gasteiger partial charge in [-0.1, -0.05) is 66.2 Å². The lowest BCUT2D eigenvalue weighted by Gasteiger charge is -2.20. The van der Waals surface area contributed by atoms with E-state index in [1.807, 2.05) is 36.4 Å². The molecule has 3 rings (SSSR count). The number of benzene rings is 2. The maximum atomic E-state index is 11.8. The molecular weight excluding hydrogens is 368 g/mol. The zero-order valence-electron chi connectivity index (χ0n) is 14.4. The van der Waals surface area contributed by atoms with Crippen LogP contribution in [0.3, 0.4) is 0 Å². The maximum absolute atomic E-state index is 11.8. The van der Waals surface area contributed by atoms with Crippen molar-refractivity contribution in [2.75, 3.05) is 6.54 Å². The average Bonchev–Trinajstić information content (AvgIpc) is 2.71. The molecule has 0 aliphatic heterocycles. The van der Waals surface area contributed by atoms with Crippen LogP contribution in [0.2, 0.25) is 5.15 Å². The first-order chi connectivity index (χ1) is 13.1. The number of amides is 1. The van der Waals surface area contributed by atoms with E-state index in [2.05, 4.69) is 10.3 Å². The average molecular weight is 387 g/mol. The van der Waals surface area contributed by atoms with Crippen molar-refractivity contribution in [3.05, 3.63) is 77.1 Å². The van der Waals surface area contributed by atoms with Gasteiger partial charge in [-0.2, -0.15) is 0 Å². The van der Waals surface area contributed by atoms with Crippen LogP contribution in [-0.4, -0.2) is 33.9 Å². The van der Waals surface area contributed by atoms with Crippen molar-refractivity contribution in [1.29, 1.82) is 0 Å². The number of rotatable bonds is 6. The first-order valence-corrected chi connectivity index (χ1v) is 8.78. The minimum absolute atomic E-state index is 0.122. The summed E-state index contributed by atoms with van der Waals surface area (Å²) >= 11 is 6.07. The number of hydrogen-bond donors (Lipinski definition) is 3. The smallest absolute Gasteiger partial charge is 0.407 e. The van der Waals surface area contributed by atoms with E-state index in [0.29, 0.717) is 21.5 Å². The Morgan fingerprint density at radius 2 is 1.74 bits per heavy atom. The molecule has 0 aliphatic rings. The molecule has 2 atom stereocenters. The Hall–Kier alpha value is -2.67. The molecule has 140 valence electrons. The van der Waals surface area contributed by atoms with Crippen LogP contribution in [0.4, 0.5) is 4.79 Å². The standard InChI is InChI=1S/C20H19ClN2O4/c21-19-15-9-5-4-8-14(15)16(10-22-19)18(25)17(24)11-23-20(26)27-12-13-6-2-1-3-7-13/h1-10,17-18,24-25H,11-12H2,(H,23,26). The Bertz CT molecular complexity index is 920. The molecule has 0 saturated heterocycles. The molecule has 1 amide bonds. The summed E-state index contributed by atoms with van der Waals surface area (Å²) in [5, 5.41) is 24.9. The van der Waals surface area contributed by atoms with Crippen molar-refractivity contribution in [3.63, 3.8) is 0 Å². The molecule has 27 heavy (non-hydrogen) atoms. The van der Waals surface area contributed by atoms with Crippen LogP contribution < -0.4 is 5.32 Å². The number of carbonyl (C=O) groups is 1. The molecule has 2 aromatic carbocycles. The largest absolute Gasteiger partial charge is 0.445 e. The van der Waals surface area contributed by atoms with Crippen molar-refractivity contribution >= 4 is 28.5 Å². The quantitative estimate of drug-likeness (QED) is 0.566. The second kappa shape index (κ2) is 8.81. The number of halogens is 1. The number of pyridine rings is 1. The van der Waals surface area contributed by atoms with Gasteiger partial charge in [0.05, 0.1) is 0 Å². The van der Waals surface area contributed by atoms with E-state index in [9.17, 15) is 15.0 Å². The Morgan fingerprint density at radius 3 is 2.48 bits per heavy atom. The van der Waals surface area contributed by atoms with Crippen molar-refractivity contribution in [2.24, 2.45) is 0 Å². The number of aliphatic hydroxyl groups excluding tert-OH is 2. The normalized spacial score (nSPS) is 13.1. The summed E-state index contributed by atoms with van der Waals surface area (Å²) in [5.74, 6) is 0. The molecule has 3 N–H and O–H groups in total. The van der Waals surface area contributed by atoms with Gasteiger partial charge in [0, 0.05) is 23.7 Å². The predicted molar refractivity (Wildman–Crippen MR) is 102 cm³/mol. The number of hydrogen-bond acceptors (Lipinski definition) is 5. The summed E-state index contributed by atoms with van der Waals surface area (Å²) in [6.07, 6.45) is -1.73. The fourth-order valence-electron chi connectivity index (χ4n) is 2.70. The number of aliphatic hydroxyl groups is 2. The molecule has 3 aromatic rings. The molecule has 7 heteroatoms. The molecule has 0 bridgehead atoms. The highest BCUT2D eigenvalue weighted by Gasteiger charge is 2.22. The Morgan fingerprint density at radius 1 is 1.07 bits per heavy atom. The fourth-order valence-corrected chi connectivity index (χ4v) is 2.91. The monoisotopic (exact) mass is 386 g/mol. The number of alkyl carbamates (subject to hydrolysis) is 1. The number of carbonyl (C=O) groups excluding carboxylic acids is 1. The van der Waals surface area contributed by atoms with E-state index in [1.165, 1.54) is 6.20 Å². The second-order valence-electron chi connectivity index (χ2n) is 6.00. The number of ether oxygens (including phenoxy) is 1. The van der Waals surface area contributed by atoms with Gasteiger partial charge in [-0.15, -0.1) is 0 Å². The molecule has 6 nitrogen and oxygen atoms in total. The maximum Gasteiger partial charge on any atom is 0.407 e. The van der Waals surface area contributed by atoms with Crippen molar-refractivity contribution in [2.45, 2.75) is 18.8 Å². The lowest BCUT2D eigenvalue weighted by molar-refractivity contribution is 0.0191. The third-order valence-corrected chi connectivity index (χ3v) is 4.43. The van der Waals surface area contributed by atoms with Gasteiger partial charge in [-0.05, 0) is 10.9 Å². The summed E-state index contributed by atoms with van der Waals surface area (Å²) in [4.78, 5) is 15.8. The van der Waals surface area contributed by atoms with Crippen molar-refractivity contribution in [3.8, 4) is 0 Å². The van der Waals surface area contributed by atoms with E-state index < -0.39 is 18.3 Å². The molecule has 0 aliphatic carbocycles. The number of nitrogens with one attached hydrogen (secondary N) is 1. The minimum atomic E-state index is -1.24. The lowest BCUT2D eigenvalue weighted by atomic mass is 10.00. The van der Waals surface area contributed by atoms with E-state index in [4.69, 9.17) is 16.3 Å². The SMILES string of the molecule is O=C(NCC(O)C(O)c1cnc(Cl)c2ccccc12)OCc1ccccc1. The highest BCUT2D eigenvalue weighted by atomic mass is 35.5. The topological polar surface area (TPSA) is 91.7 Å². The van der Waals surface area contributed by atoms with Gasteiger partial charge in [0.25, 0.3) is 0 Å². The molecule has 0 saturated carbocycles. The molecule has 0 spiro atoms. The summed E-state index contributed by atoms with van der Waals surface area (Å²) in [5.41, 5.74) is 1.29. The van der Waals surface area contributed by atoms with Gasteiger partial charge in [-0.3, -0.25) is 0 Å². The highest BCUT2D eigenvalue weighted by molar-refractivity contribution is 6.34. The van der Waals surface area contributed by atoms with Gasteiger partial charge in [0.15, 0.2) is 0 Å². The summed E-state index contributed by atoms with van der Waals surface area (Å²) in [7, 11) is 0. The Balaban J connectivity index is 1.59. The number of aromatic nitrogens is 1. The van der Waals surface area contributed by atoms with Crippen LogP contribution in [0.5, 0.6) is 0 Å². The lowest BCUT2D eigenvalue weighted by Crippen LogP contribution is -2.35. The third kappa shape index (κ3) is 4.74. The summed E-state index contributed by atoms with van der Waals surface area (Å²) in [6, 6.07) is 16.4. The summed E-state index contributed by atoms with van der Waals surface area (Å²) in [6.45, 7) is -0.0528. The molecular formula is C20H19ClN2O4. The van der Waals surface area contributed by atoms with Crippen LogP contribution in [0.25, 0.3) is 10.8 Å². The predicted octanol–water partition coefficient (Wildman–Crippen LogP) is 3.21. The summed E-state index contributed by atoms with van der Waals surface area (Å²) < 4.78 is 5.08. The first-order valence-electron chi connectivity index (χ1n) is 8.40. The zero-order valence-corrected chi connectivity index (χ0v) is 15.1. The zero-order chi connectivity index (χ0) is 19.2. The van der Waals surface area contributed by atoms with Gasteiger partial charge >= 0.3 is 6.09 Å². The fraction of sp³-hybridized carbons (Fsp3) is 0.200. The molecule has 0 fully saturated rings. The highest BCUT2D eigenvalue weighted by Crippen LogP contribution is 2.29. The van der Waals surface area contributed by atoms with Gasteiger partial charge < -0.3 is 20.3 Å². The molecule has 2 unspecified atom stereocenters. The molecule has 1 heterocycles. The Kier molecular flexibility index (Phi) is 6.24. The number of fused-ring (bicyclic) bond motifs is 1. The van der Waals surface area contributed by atoms with Gasteiger partial charge in [0.2, 0.25) is 0 Å². The van der Waals surface area contributed by atoms with Crippen LogP contribution in [0.15, 0.2) is 60.8 Å². The minimum Gasteiger partial charge on any atom is -0.445 e. The number of nitrogens with zero attached hydrogens (tertiary/aromatic N) is 1. The Labute approximate surface area is 161 Å². The second-order valence-corrected chi connectivity index (χ2v) is 6.36. The first kappa shape index (κ1) is 19.1. The van der Waals surface area contributed by atoms with Gasteiger partial charge in [0.1, 0.15) is 24.0 Å². The third-order valence-electron chi connectivity index (χ3n) is 4.13. The van der Waals surface area contributed by atoms with Crippen LogP contribution in [-0.2, 0) is 11.3 Å². The van der Waals surface area contributed by atoms with E-state index in [-0.39, 0.29) is 13.2 Å².